The van der Waals surface area contributed by atoms with E-state index >= 15 is 0 Å². The molecule has 2 amide bonds. The molecule has 0 saturated carbocycles. The first-order valence-electron chi connectivity index (χ1n) is 4.67. The number of carboxylic acid groups (broad SMARTS) is 1. The Kier molecular flexibility index (Phi) is 6.62. The minimum atomic E-state index is -1.30. The van der Waals surface area contributed by atoms with Gasteiger partial charge in [0.2, 0.25) is 0 Å². The second-order valence-electron chi connectivity index (χ2n) is 3.01. The van der Waals surface area contributed by atoms with Crippen LogP contribution in [0.1, 0.15) is 0 Å². The monoisotopic (exact) mass is 228 g/mol. The molecule has 0 radical (unpaired) electrons. The molecular weight excluding hydrogens is 212 g/mol. The molecule has 0 spiro atoms. The maximum absolute atomic E-state index is 11.5. The lowest BCUT2D eigenvalue weighted by molar-refractivity contribution is -0.140. The van der Waals surface area contributed by atoms with E-state index in [4.69, 9.17) is 10.2 Å². The highest BCUT2D eigenvalue weighted by molar-refractivity contribution is 5.82. The van der Waals surface area contributed by atoms with Gasteiger partial charge in [-0.05, 0) is 0 Å². The summed E-state index contributed by atoms with van der Waals surface area (Å²) in [7, 11) is 0. The Balaban J connectivity index is 4.42. The first kappa shape index (κ1) is 14.2. The van der Waals surface area contributed by atoms with Gasteiger partial charge in [0.15, 0.2) is 6.04 Å². The number of nitrogens with one attached hydrogen (secondary N) is 1. The van der Waals surface area contributed by atoms with Crippen molar-refractivity contribution in [1.29, 1.82) is 0 Å². The van der Waals surface area contributed by atoms with Gasteiger partial charge >= 0.3 is 12.0 Å². The summed E-state index contributed by atoms with van der Waals surface area (Å²) in [5.41, 5.74) is 0. The van der Waals surface area contributed by atoms with E-state index < -0.39 is 24.6 Å². The predicted molar refractivity (Wildman–Crippen MR) is 59.0 cm³/mol. The maximum Gasteiger partial charge on any atom is 0.328 e. The lowest BCUT2D eigenvalue weighted by Gasteiger charge is -2.21. The van der Waals surface area contributed by atoms with Crippen LogP contribution in [0.2, 0.25) is 0 Å². The van der Waals surface area contributed by atoms with Gasteiger partial charge in [0.05, 0.1) is 6.61 Å². The summed E-state index contributed by atoms with van der Waals surface area (Å²) in [4.78, 5) is 23.4. The van der Waals surface area contributed by atoms with E-state index in [0.29, 0.717) is 0 Å². The zero-order chi connectivity index (χ0) is 12.6. The third-order valence-electron chi connectivity index (χ3n) is 1.76. The summed E-state index contributed by atoms with van der Waals surface area (Å²) in [6.07, 6.45) is 3.02. The van der Waals surface area contributed by atoms with E-state index in [1.54, 1.807) is 0 Å². The lowest BCUT2D eigenvalue weighted by Crippen LogP contribution is -2.49. The Morgan fingerprint density at radius 3 is 2.12 bits per heavy atom. The topological polar surface area (TPSA) is 89.9 Å². The number of carboxylic acids is 1. The molecule has 0 aromatic carbocycles. The standard InChI is InChI=1S/C10H16N2O4/c1-3-5-12(6-4-2)10(16)11-8(7-13)9(14)15/h3-4,8,13H,1-2,5-7H2,(H,11,16)(H,14,15). The number of aliphatic hydroxyl groups excluding tert-OH is 1. The molecule has 0 aromatic rings. The van der Waals surface area contributed by atoms with Crippen molar-refractivity contribution in [2.45, 2.75) is 6.04 Å². The summed E-state index contributed by atoms with van der Waals surface area (Å²) < 4.78 is 0. The van der Waals surface area contributed by atoms with E-state index in [1.165, 1.54) is 17.1 Å². The van der Waals surface area contributed by atoms with E-state index in [0.717, 1.165) is 0 Å². The van der Waals surface area contributed by atoms with Crippen LogP contribution in [-0.2, 0) is 4.79 Å². The zero-order valence-electron chi connectivity index (χ0n) is 8.93. The van der Waals surface area contributed by atoms with Crippen molar-refractivity contribution < 1.29 is 19.8 Å². The quantitative estimate of drug-likeness (QED) is 0.527. The SMILES string of the molecule is C=CCN(CC=C)C(=O)NC(CO)C(=O)O. The van der Waals surface area contributed by atoms with E-state index in [2.05, 4.69) is 18.5 Å². The Morgan fingerprint density at radius 2 is 1.81 bits per heavy atom. The van der Waals surface area contributed by atoms with Gasteiger partial charge in [0, 0.05) is 13.1 Å². The molecule has 1 unspecified atom stereocenters. The molecule has 3 N–H and O–H groups in total. The van der Waals surface area contributed by atoms with Crippen LogP contribution in [0.15, 0.2) is 25.3 Å². The molecule has 0 aliphatic heterocycles. The van der Waals surface area contributed by atoms with Gasteiger partial charge in [-0.1, -0.05) is 12.2 Å². The molecule has 0 fully saturated rings. The molecule has 16 heavy (non-hydrogen) atoms. The van der Waals surface area contributed by atoms with Crippen molar-refractivity contribution in [3.63, 3.8) is 0 Å². The number of rotatable bonds is 7. The van der Waals surface area contributed by atoms with Crippen molar-refractivity contribution >= 4 is 12.0 Å². The van der Waals surface area contributed by atoms with Gasteiger partial charge in [-0.15, -0.1) is 13.2 Å². The molecule has 6 nitrogen and oxygen atoms in total. The molecule has 0 aliphatic carbocycles. The van der Waals surface area contributed by atoms with Crippen LogP contribution >= 0.6 is 0 Å². The molecule has 6 heteroatoms. The van der Waals surface area contributed by atoms with E-state index in [-0.39, 0.29) is 13.1 Å². The highest BCUT2D eigenvalue weighted by atomic mass is 16.4. The fourth-order valence-electron chi connectivity index (χ4n) is 0.978. The number of aliphatic carboxylic acids is 1. The van der Waals surface area contributed by atoms with Crippen LogP contribution < -0.4 is 5.32 Å². The van der Waals surface area contributed by atoms with Crippen LogP contribution in [0.25, 0.3) is 0 Å². The number of urea groups is 1. The molecule has 0 aliphatic rings. The van der Waals surface area contributed by atoms with Crippen LogP contribution in [-0.4, -0.2) is 52.9 Å². The summed E-state index contributed by atoms with van der Waals surface area (Å²) in [5, 5.41) is 19.5. The van der Waals surface area contributed by atoms with Gasteiger partial charge in [-0.2, -0.15) is 0 Å². The number of hydrogen-bond acceptors (Lipinski definition) is 3. The van der Waals surface area contributed by atoms with Crippen LogP contribution in [0, 0.1) is 0 Å². The Labute approximate surface area is 93.9 Å². The fraction of sp³-hybridized carbons (Fsp3) is 0.400. The Bertz CT molecular complexity index is 268. The van der Waals surface area contributed by atoms with Crippen molar-refractivity contribution in [1.82, 2.24) is 10.2 Å². The van der Waals surface area contributed by atoms with Crippen LogP contribution in [0.4, 0.5) is 4.79 Å². The van der Waals surface area contributed by atoms with Gasteiger partial charge in [0.25, 0.3) is 0 Å². The largest absolute Gasteiger partial charge is 0.480 e. The summed E-state index contributed by atoms with van der Waals surface area (Å²) >= 11 is 0. The number of nitrogens with zero attached hydrogens (tertiary/aromatic N) is 1. The third kappa shape index (κ3) is 4.61. The summed E-state index contributed by atoms with van der Waals surface area (Å²) in [6, 6.07) is -1.88. The van der Waals surface area contributed by atoms with Gasteiger partial charge in [-0.3, -0.25) is 0 Å². The average Bonchev–Trinajstić information content (AvgIpc) is 2.24. The van der Waals surface area contributed by atoms with E-state index in [9.17, 15) is 9.59 Å². The third-order valence-corrected chi connectivity index (χ3v) is 1.76. The highest BCUT2D eigenvalue weighted by Gasteiger charge is 2.21. The van der Waals surface area contributed by atoms with E-state index in [1.807, 2.05) is 0 Å². The molecule has 1 atom stereocenters. The molecule has 0 aromatic heterocycles. The van der Waals surface area contributed by atoms with Crippen molar-refractivity contribution in [3.8, 4) is 0 Å². The van der Waals surface area contributed by atoms with Gasteiger partial charge < -0.3 is 20.4 Å². The van der Waals surface area contributed by atoms with Gasteiger partial charge in [-0.25, -0.2) is 9.59 Å². The Hall–Kier alpha value is -1.82. The molecule has 0 heterocycles. The average molecular weight is 228 g/mol. The number of aliphatic hydroxyl groups is 1. The maximum atomic E-state index is 11.5. The molecule has 90 valence electrons. The zero-order valence-corrected chi connectivity index (χ0v) is 8.93. The Morgan fingerprint density at radius 1 is 1.31 bits per heavy atom. The van der Waals surface area contributed by atoms with Crippen LogP contribution in [0.3, 0.4) is 0 Å². The number of carbonyl (C=O) groups is 2. The molecule has 0 saturated heterocycles. The number of hydrogen-bond donors (Lipinski definition) is 3. The second kappa shape index (κ2) is 7.47. The fourth-order valence-corrected chi connectivity index (χ4v) is 0.978. The molecular formula is C10H16N2O4. The highest BCUT2D eigenvalue weighted by Crippen LogP contribution is 1.93. The summed E-state index contributed by atoms with van der Waals surface area (Å²) in [6.45, 7) is 6.85. The predicted octanol–water partition coefficient (Wildman–Crippen LogP) is -0.185. The molecule has 0 bridgehead atoms. The van der Waals surface area contributed by atoms with Crippen molar-refractivity contribution in [2.24, 2.45) is 0 Å². The van der Waals surface area contributed by atoms with Crippen LogP contribution in [0.5, 0.6) is 0 Å². The molecule has 0 rings (SSSR count). The first-order chi connectivity index (χ1) is 7.56. The first-order valence-corrected chi connectivity index (χ1v) is 4.67. The normalized spacial score (nSPS) is 11.3. The minimum Gasteiger partial charge on any atom is -0.480 e. The number of amides is 2. The van der Waals surface area contributed by atoms with Crippen molar-refractivity contribution in [2.75, 3.05) is 19.7 Å². The van der Waals surface area contributed by atoms with Crippen molar-refractivity contribution in [3.05, 3.63) is 25.3 Å². The summed E-state index contributed by atoms with van der Waals surface area (Å²) in [5.74, 6) is -1.28. The minimum absolute atomic E-state index is 0.273. The number of carbonyl (C=O) groups excluding carboxylic acids is 1. The van der Waals surface area contributed by atoms with Gasteiger partial charge in [0.1, 0.15) is 0 Å². The lowest BCUT2D eigenvalue weighted by atomic mass is 10.3. The second-order valence-corrected chi connectivity index (χ2v) is 3.01. The smallest absolute Gasteiger partial charge is 0.328 e.